The minimum atomic E-state index is -0.235. The van der Waals surface area contributed by atoms with Crippen LogP contribution >= 0.6 is 11.6 Å². The van der Waals surface area contributed by atoms with Crippen molar-refractivity contribution in [3.8, 4) is 5.75 Å². The summed E-state index contributed by atoms with van der Waals surface area (Å²) in [5.74, 6) is 0.560. The van der Waals surface area contributed by atoms with Gasteiger partial charge in [0.1, 0.15) is 5.75 Å². The van der Waals surface area contributed by atoms with E-state index in [0.29, 0.717) is 29.5 Å². The van der Waals surface area contributed by atoms with Gasteiger partial charge < -0.3 is 20.1 Å². The first kappa shape index (κ1) is 17.6. The molecule has 5 nitrogen and oxygen atoms in total. The first-order valence-electron chi connectivity index (χ1n) is 7.12. The summed E-state index contributed by atoms with van der Waals surface area (Å²) in [6, 6.07) is 4.83. The van der Waals surface area contributed by atoms with E-state index in [1.807, 2.05) is 0 Å². The smallest absolute Gasteiger partial charge is 0.321 e. The fourth-order valence-electron chi connectivity index (χ4n) is 1.93. The molecule has 0 heterocycles. The Bertz CT molecular complexity index is 455. The highest BCUT2D eigenvalue weighted by molar-refractivity contribution is 6.32. The third-order valence-corrected chi connectivity index (χ3v) is 3.39. The number of unbranched alkanes of at least 4 members (excludes halogenated alkanes) is 2. The highest BCUT2D eigenvalue weighted by atomic mass is 35.5. The van der Waals surface area contributed by atoms with E-state index < -0.39 is 0 Å². The number of amides is 2. The molecule has 0 aliphatic heterocycles. The number of aliphatic hydroxyl groups excluding tert-OH is 1. The molecule has 0 radical (unpaired) electrons. The number of carbonyl (C=O) groups is 1. The molecule has 2 N–H and O–H groups in total. The summed E-state index contributed by atoms with van der Waals surface area (Å²) < 4.78 is 5.07. The zero-order valence-electron chi connectivity index (χ0n) is 12.6. The van der Waals surface area contributed by atoms with Gasteiger partial charge in [-0.25, -0.2) is 4.79 Å². The Morgan fingerprint density at radius 2 is 2.14 bits per heavy atom. The number of carbonyl (C=O) groups excluding carboxylic acids is 1. The minimum absolute atomic E-state index is 0.0527. The van der Waals surface area contributed by atoms with Crippen molar-refractivity contribution in [1.82, 2.24) is 4.90 Å². The van der Waals surface area contributed by atoms with E-state index in [1.165, 1.54) is 7.11 Å². The van der Waals surface area contributed by atoms with Gasteiger partial charge >= 0.3 is 6.03 Å². The van der Waals surface area contributed by atoms with E-state index in [4.69, 9.17) is 21.4 Å². The fourth-order valence-corrected chi connectivity index (χ4v) is 2.19. The molecule has 0 aliphatic rings. The van der Waals surface area contributed by atoms with Crippen LogP contribution in [0.3, 0.4) is 0 Å². The van der Waals surface area contributed by atoms with Crippen molar-refractivity contribution in [2.24, 2.45) is 0 Å². The SMILES string of the molecule is CCCCCN(CCO)C(=O)Nc1ccc(OC)c(Cl)c1. The van der Waals surface area contributed by atoms with Gasteiger partial charge in [0.15, 0.2) is 0 Å². The third-order valence-electron chi connectivity index (χ3n) is 3.09. The number of benzene rings is 1. The Balaban J connectivity index is 2.65. The molecule has 21 heavy (non-hydrogen) atoms. The second-order valence-corrected chi connectivity index (χ2v) is 5.10. The van der Waals surface area contributed by atoms with Crippen LogP contribution in [0.1, 0.15) is 26.2 Å². The first-order chi connectivity index (χ1) is 10.1. The summed E-state index contributed by atoms with van der Waals surface area (Å²) in [6.07, 6.45) is 3.07. The van der Waals surface area contributed by atoms with Gasteiger partial charge in [0.25, 0.3) is 0 Å². The second kappa shape index (κ2) is 9.47. The normalized spacial score (nSPS) is 10.3. The van der Waals surface area contributed by atoms with Crippen LogP contribution in [0.25, 0.3) is 0 Å². The summed E-state index contributed by atoms with van der Waals surface area (Å²) in [5, 5.41) is 12.3. The van der Waals surface area contributed by atoms with Crippen LogP contribution in [0.5, 0.6) is 5.75 Å². The molecule has 1 aromatic rings. The Morgan fingerprint density at radius 1 is 1.38 bits per heavy atom. The molecule has 0 saturated heterocycles. The average molecular weight is 315 g/mol. The van der Waals surface area contributed by atoms with Crippen molar-refractivity contribution in [1.29, 1.82) is 0 Å². The molecule has 0 aromatic heterocycles. The van der Waals surface area contributed by atoms with Crippen molar-refractivity contribution in [3.63, 3.8) is 0 Å². The van der Waals surface area contributed by atoms with Crippen molar-refractivity contribution in [2.75, 3.05) is 32.1 Å². The highest BCUT2D eigenvalue weighted by Gasteiger charge is 2.13. The third kappa shape index (κ3) is 5.81. The lowest BCUT2D eigenvalue weighted by atomic mass is 10.2. The molecule has 0 bridgehead atoms. The van der Waals surface area contributed by atoms with Crippen molar-refractivity contribution < 1.29 is 14.6 Å². The lowest BCUT2D eigenvalue weighted by Gasteiger charge is -2.22. The van der Waals surface area contributed by atoms with Gasteiger partial charge in [0, 0.05) is 18.8 Å². The quantitative estimate of drug-likeness (QED) is 0.723. The minimum Gasteiger partial charge on any atom is -0.495 e. The van der Waals surface area contributed by atoms with Crippen LogP contribution in [0.15, 0.2) is 18.2 Å². The van der Waals surface area contributed by atoms with Gasteiger partial charge in [0.05, 0.1) is 18.7 Å². The lowest BCUT2D eigenvalue weighted by Crippen LogP contribution is -2.37. The summed E-state index contributed by atoms with van der Waals surface area (Å²) in [5.41, 5.74) is 0.601. The van der Waals surface area contributed by atoms with Crippen LogP contribution in [-0.4, -0.2) is 42.8 Å². The summed E-state index contributed by atoms with van der Waals surface area (Å²) >= 11 is 6.03. The van der Waals surface area contributed by atoms with E-state index in [-0.39, 0.29) is 12.6 Å². The number of aliphatic hydroxyl groups is 1. The summed E-state index contributed by atoms with van der Waals surface area (Å²) in [7, 11) is 1.54. The summed E-state index contributed by atoms with van der Waals surface area (Å²) in [6.45, 7) is 3.00. The Morgan fingerprint density at radius 3 is 2.71 bits per heavy atom. The van der Waals surface area contributed by atoms with E-state index >= 15 is 0 Å². The number of urea groups is 1. The zero-order valence-corrected chi connectivity index (χ0v) is 13.3. The van der Waals surface area contributed by atoms with E-state index in [0.717, 1.165) is 19.3 Å². The molecule has 0 fully saturated rings. The van der Waals surface area contributed by atoms with Crippen molar-refractivity contribution in [3.05, 3.63) is 23.2 Å². The fraction of sp³-hybridized carbons (Fsp3) is 0.533. The number of nitrogens with one attached hydrogen (secondary N) is 1. The maximum Gasteiger partial charge on any atom is 0.321 e. The molecule has 0 aliphatic carbocycles. The van der Waals surface area contributed by atoms with E-state index in [9.17, 15) is 4.79 Å². The van der Waals surface area contributed by atoms with Crippen molar-refractivity contribution in [2.45, 2.75) is 26.2 Å². The van der Waals surface area contributed by atoms with Gasteiger partial charge in [-0.2, -0.15) is 0 Å². The average Bonchev–Trinajstić information content (AvgIpc) is 2.46. The molecule has 0 spiro atoms. The molecule has 2 amide bonds. The predicted octanol–water partition coefficient (Wildman–Crippen LogP) is 3.37. The van der Waals surface area contributed by atoms with Gasteiger partial charge in [0.2, 0.25) is 0 Å². The number of ether oxygens (including phenoxy) is 1. The molecule has 1 aromatic carbocycles. The molecule has 118 valence electrons. The number of hydrogen-bond acceptors (Lipinski definition) is 3. The standard InChI is InChI=1S/C15H23ClN2O3/c1-3-4-5-8-18(9-10-19)15(20)17-12-6-7-14(21-2)13(16)11-12/h6-7,11,19H,3-5,8-10H2,1-2H3,(H,17,20). The maximum absolute atomic E-state index is 12.2. The largest absolute Gasteiger partial charge is 0.495 e. The molecule has 0 saturated carbocycles. The topological polar surface area (TPSA) is 61.8 Å². The number of halogens is 1. The molecule has 0 atom stereocenters. The van der Waals surface area contributed by atoms with E-state index in [2.05, 4.69) is 12.2 Å². The Kier molecular flexibility index (Phi) is 7.93. The van der Waals surface area contributed by atoms with Gasteiger partial charge in [-0.3, -0.25) is 0 Å². The van der Waals surface area contributed by atoms with Crippen LogP contribution < -0.4 is 10.1 Å². The molecule has 6 heteroatoms. The predicted molar refractivity (Wildman–Crippen MR) is 85.2 cm³/mol. The van der Waals surface area contributed by atoms with Crippen LogP contribution in [0.4, 0.5) is 10.5 Å². The summed E-state index contributed by atoms with van der Waals surface area (Å²) in [4.78, 5) is 13.8. The van der Waals surface area contributed by atoms with Crippen molar-refractivity contribution >= 4 is 23.3 Å². The second-order valence-electron chi connectivity index (χ2n) is 4.70. The number of anilines is 1. The van der Waals surface area contributed by atoms with Gasteiger partial charge in [-0.1, -0.05) is 31.4 Å². The number of rotatable bonds is 8. The first-order valence-corrected chi connectivity index (χ1v) is 7.50. The monoisotopic (exact) mass is 314 g/mol. The lowest BCUT2D eigenvalue weighted by molar-refractivity contribution is 0.187. The van der Waals surface area contributed by atoms with Crippen LogP contribution in [0, 0.1) is 0 Å². The van der Waals surface area contributed by atoms with Crippen LogP contribution in [-0.2, 0) is 0 Å². The maximum atomic E-state index is 12.2. The number of hydrogen-bond donors (Lipinski definition) is 2. The van der Waals surface area contributed by atoms with Gasteiger partial charge in [-0.15, -0.1) is 0 Å². The number of nitrogens with zero attached hydrogens (tertiary/aromatic N) is 1. The molecule has 1 rings (SSSR count). The van der Waals surface area contributed by atoms with Gasteiger partial charge in [-0.05, 0) is 24.6 Å². The Hall–Kier alpha value is -1.46. The Labute approximate surface area is 130 Å². The van der Waals surface area contributed by atoms with Crippen LogP contribution in [0.2, 0.25) is 5.02 Å². The highest BCUT2D eigenvalue weighted by Crippen LogP contribution is 2.27. The molecular formula is C15H23ClN2O3. The van der Waals surface area contributed by atoms with E-state index in [1.54, 1.807) is 23.1 Å². The number of methoxy groups -OCH3 is 1. The zero-order chi connectivity index (χ0) is 15.7. The molecule has 0 unspecified atom stereocenters. The molecular weight excluding hydrogens is 292 g/mol.